The van der Waals surface area contributed by atoms with Gasteiger partial charge in [0.05, 0.1) is 5.69 Å². The second-order valence-electron chi connectivity index (χ2n) is 3.92. The number of carbonyl (C=O) groups excluding carboxylic acids is 1. The molecule has 1 amide bonds. The Labute approximate surface area is 132 Å². The standard InChI is InChI=1S/C11H12BrN5O3S/c1-16-11(19)17(15-14-16)9-5-3-4-8(12)7(9)6-20-13-10(18)21-2/h3-5H,6H2,1-2H3,(H,13,18). The van der Waals surface area contributed by atoms with Crippen molar-refractivity contribution in [2.45, 2.75) is 6.61 Å². The van der Waals surface area contributed by atoms with E-state index in [0.717, 1.165) is 20.9 Å². The number of nitrogens with zero attached hydrogens (tertiary/aromatic N) is 4. The largest absolute Gasteiger partial charge is 0.368 e. The highest BCUT2D eigenvalue weighted by molar-refractivity contribution is 9.10. The van der Waals surface area contributed by atoms with E-state index in [-0.39, 0.29) is 17.5 Å². The van der Waals surface area contributed by atoms with E-state index in [1.165, 1.54) is 11.7 Å². The molecule has 0 atom stereocenters. The van der Waals surface area contributed by atoms with Crippen LogP contribution in [0.2, 0.25) is 0 Å². The minimum Gasteiger partial charge on any atom is -0.268 e. The summed E-state index contributed by atoms with van der Waals surface area (Å²) >= 11 is 4.39. The number of hydrogen-bond acceptors (Lipinski definition) is 6. The molecule has 0 fully saturated rings. The monoisotopic (exact) mass is 373 g/mol. The summed E-state index contributed by atoms with van der Waals surface area (Å²) in [6.07, 6.45) is 1.64. The molecule has 10 heteroatoms. The van der Waals surface area contributed by atoms with Gasteiger partial charge in [0.15, 0.2) is 0 Å². The van der Waals surface area contributed by atoms with Gasteiger partial charge in [-0.2, -0.15) is 9.36 Å². The van der Waals surface area contributed by atoms with Crippen molar-refractivity contribution >= 4 is 32.9 Å². The van der Waals surface area contributed by atoms with E-state index in [2.05, 4.69) is 31.8 Å². The van der Waals surface area contributed by atoms with Gasteiger partial charge in [0.25, 0.3) is 0 Å². The Balaban J connectivity index is 2.30. The predicted octanol–water partition coefficient (Wildman–Crippen LogP) is 1.23. The molecule has 0 aliphatic carbocycles. The van der Waals surface area contributed by atoms with Gasteiger partial charge in [-0.25, -0.2) is 10.3 Å². The second-order valence-corrected chi connectivity index (χ2v) is 5.55. The van der Waals surface area contributed by atoms with E-state index in [1.54, 1.807) is 24.5 Å². The lowest BCUT2D eigenvalue weighted by Crippen LogP contribution is -2.24. The summed E-state index contributed by atoms with van der Waals surface area (Å²) in [5, 5.41) is 7.16. The molecular weight excluding hydrogens is 362 g/mol. The van der Waals surface area contributed by atoms with Crippen molar-refractivity contribution in [1.29, 1.82) is 0 Å². The molecule has 112 valence electrons. The minimum absolute atomic E-state index is 0.0755. The first-order valence-electron chi connectivity index (χ1n) is 5.77. The van der Waals surface area contributed by atoms with Crippen LogP contribution in [0.5, 0.6) is 0 Å². The number of aryl methyl sites for hydroxylation is 1. The Morgan fingerprint density at radius 1 is 1.48 bits per heavy atom. The Morgan fingerprint density at radius 2 is 2.24 bits per heavy atom. The van der Waals surface area contributed by atoms with E-state index in [9.17, 15) is 9.59 Å². The maximum atomic E-state index is 11.9. The highest BCUT2D eigenvalue weighted by Gasteiger charge is 2.14. The highest BCUT2D eigenvalue weighted by atomic mass is 79.9. The number of hydrogen-bond donors (Lipinski definition) is 1. The third-order valence-electron chi connectivity index (χ3n) is 2.60. The zero-order valence-electron chi connectivity index (χ0n) is 11.2. The lowest BCUT2D eigenvalue weighted by atomic mass is 10.2. The first-order chi connectivity index (χ1) is 10.0. The molecule has 0 spiro atoms. The molecule has 2 rings (SSSR count). The van der Waals surface area contributed by atoms with Crippen LogP contribution < -0.4 is 11.2 Å². The summed E-state index contributed by atoms with van der Waals surface area (Å²) in [5.74, 6) is 0. The molecular formula is C11H12BrN5O3S. The molecule has 0 aliphatic heterocycles. The average molecular weight is 374 g/mol. The zero-order chi connectivity index (χ0) is 15.4. The highest BCUT2D eigenvalue weighted by Crippen LogP contribution is 2.23. The SMILES string of the molecule is CSC(=O)NOCc1c(Br)cccc1-n1nnn(C)c1=O. The van der Waals surface area contributed by atoms with Crippen LogP contribution >= 0.6 is 27.7 Å². The summed E-state index contributed by atoms with van der Waals surface area (Å²) in [7, 11) is 1.51. The molecule has 0 unspecified atom stereocenters. The lowest BCUT2D eigenvalue weighted by Gasteiger charge is -2.10. The molecule has 8 nitrogen and oxygen atoms in total. The predicted molar refractivity (Wildman–Crippen MR) is 81.1 cm³/mol. The normalized spacial score (nSPS) is 10.6. The Kier molecular flexibility index (Phi) is 5.15. The number of hydroxylamine groups is 1. The number of aromatic nitrogens is 4. The van der Waals surface area contributed by atoms with Gasteiger partial charge in [-0.15, -0.1) is 0 Å². The minimum atomic E-state index is -0.373. The molecule has 0 aliphatic rings. The van der Waals surface area contributed by atoms with E-state index in [1.807, 2.05) is 0 Å². The van der Waals surface area contributed by atoms with Crippen molar-refractivity contribution in [3.05, 3.63) is 38.7 Å². The van der Waals surface area contributed by atoms with Crippen LogP contribution in [0.4, 0.5) is 4.79 Å². The fraction of sp³-hybridized carbons (Fsp3) is 0.273. The Bertz CT molecular complexity index is 714. The number of halogens is 1. The molecule has 0 bridgehead atoms. The van der Waals surface area contributed by atoms with Gasteiger partial charge in [0, 0.05) is 17.1 Å². The van der Waals surface area contributed by atoms with Gasteiger partial charge in [-0.3, -0.25) is 9.63 Å². The van der Waals surface area contributed by atoms with Gasteiger partial charge < -0.3 is 0 Å². The van der Waals surface area contributed by atoms with Crippen molar-refractivity contribution in [2.24, 2.45) is 7.05 Å². The van der Waals surface area contributed by atoms with Crippen LogP contribution in [0.1, 0.15) is 5.56 Å². The second kappa shape index (κ2) is 6.87. The van der Waals surface area contributed by atoms with Crippen LogP contribution in [0.15, 0.2) is 27.5 Å². The third-order valence-corrected chi connectivity index (χ3v) is 3.80. The molecule has 1 aromatic carbocycles. The quantitative estimate of drug-likeness (QED) is 0.810. The average Bonchev–Trinajstić information content (AvgIpc) is 2.80. The summed E-state index contributed by atoms with van der Waals surface area (Å²) in [4.78, 5) is 28.2. The van der Waals surface area contributed by atoms with E-state index in [0.29, 0.717) is 11.3 Å². The molecule has 0 saturated carbocycles. The van der Waals surface area contributed by atoms with Crippen molar-refractivity contribution < 1.29 is 9.63 Å². The molecule has 21 heavy (non-hydrogen) atoms. The van der Waals surface area contributed by atoms with Crippen molar-refractivity contribution in [2.75, 3.05) is 6.26 Å². The maximum Gasteiger partial charge on any atom is 0.368 e. The number of nitrogens with one attached hydrogen (secondary N) is 1. The summed E-state index contributed by atoms with van der Waals surface area (Å²) in [6, 6.07) is 5.29. The molecule has 0 radical (unpaired) electrons. The maximum absolute atomic E-state index is 11.9. The van der Waals surface area contributed by atoms with Gasteiger partial charge in [0.2, 0.25) is 0 Å². The number of tetrazole rings is 1. The van der Waals surface area contributed by atoms with Crippen LogP contribution in [0.25, 0.3) is 5.69 Å². The fourth-order valence-electron chi connectivity index (χ4n) is 1.56. The van der Waals surface area contributed by atoms with Gasteiger partial charge in [-0.05, 0) is 28.8 Å². The number of carbonyl (C=O) groups is 1. The third kappa shape index (κ3) is 3.52. The van der Waals surface area contributed by atoms with Gasteiger partial charge in [-0.1, -0.05) is 33.8 Å². The zero-order valence-corrected chi connectivity index (χ0v) is 13.6. The topological polar surface area (TPSA) is 91.0 Å². The molecule has 0 saturated heterocycles. The van der Waals surface area contributed by atoms with Gasteiger partial charge in [0.1, 0.15) is 6.61 Å². The number of benzene rings is 1. The van der Waals surface area contributed by atoms with E-state index >= 15 is 0 Å². The summed E-state index contributed by atoms with van der Waals surface area (Å²) in [6.45, 7) is 0.0755. The summed E-state index contributed by atoms with van der Waals surface area (Å²) in [5.41, 5.74) is 3.11. The first-order valence-corrected chi connectivity index (χ1v) is 7.79. The fourth-order valence-corrected chi connectivity index (χ4v) is 2.17. The van der Waals surface area contributed by atoms with Crippen molar-refractivity contribution in [3.8, 4) is 5.69 Å². The molecule has 2 aromatic rings. The number of thioether (sulfide) groups is 1. The van der Waals surface area contributed by atoms with E-state index < -0.39 is 0 Å². The van der Waals surface area contributed by atoms with Crippen molar-refractivity contribution in [3.63, 3.8) is 0 Å². The number of rotatable bonds is 4. The molecule has 1 N–H and O–H groups in total. The Hall–Kier alpha value is -1.65. The van der Waals surface area contributed by atoms with Crippen LogP contribution in [-0.4, -0.2) is 31.3 Å². The van der Waals surface area contributed by atoms with Crippen molar-refractivity contribution in [1.82, 2.24) is 25.3 Å². The Morgan fingerprint density at radius 3 is 2.86 bits per heavy atom. The lowest BCUT2D eigenvalue weighted by molar-refractivity contribution is 0.0572. The summed E-state index contributed by atoms with van der Waals surface area (Å²) < 4.78 is 3.02. The van der Waals surface area contributed by atoms with E-state index in [4.69, 9.17) is 4.84 Å². The number of amides is 1. The van der Waals surface area contributed by atoms with Crippen LogP contribution in [-0.2, 0) is 18.5 Å². The smallest absolute Gasteiger partial charge is 0.268 e. The van der Waals surface area contributed by atoms with Gasteiger partial charge >= 0.3 is 10.9 Å². The van der Waals surface area contributed by atoms with Crippen LogP contribution in [0.3, 0.4) is 0 Å². The van der Waals surface area contributed by atoms with Crippen LogP contribution in [0, 0.1) is 0 Å². The molecule has 1 aromatic heterocycles. The first kappa shape index (κ1) is 15.7. The molecule has 1 heterocycles.